The molecule has 1 aromatic heterocycles. The number of ether oxygens (including phenoxy) is 1. The third-order valence-electron chi connectivity index (χ3n) is 4.68. The highest BCUT2D eigenvalue weighted by Crippen LogP contribution is 2.39. The van der Waals surface area contributed by atoms with E-state index in [1.807, 2.05) is 0 Å². The Morgan fingerprint density at radius 2 is 2.17 bits per heavy atom. The molecule has 0 radical (unpaired) electrons. The molecule has 1 saturated carbocycles. The molecule has 9 nitrogen and oxygen atoms in total. The summed E-state index contributed by atoms with van der Waals surface area (Å²) < 4.78 is 31.7. The predicted octanol–water partition coefficient (Wildman–Crippen LogP) is 1.69. The topological polar surface area (TPSA) is 134 Å². The Labute approximate surface area is 164 Å². The first-order chi connectivity index (χ1) is 13.8. The molecule has 11 heteroatoms. The molecule has 1 aliphatic carbocycles. The zero-order valence-electron chi connectivity index (χ0n) is 15.3. The summed E-state index contributed by atoms with van der Waals surface area (Å²) in [4.78, 5) is 19.9. The summed E-state index contributed by atoms with van der Waals surface area (Å²) in [5.74, 6) is -2.59. The van der Waals surface area contributed by atoms with Gasteiger partial charge in [0.25, 0.3) is 11.8 Å². The van der Waals surface area contributed by atoms with Crippen LogP contribution in [0, 0.1) is 0 Å². The fourth-order valence-electron chi connectivity index (χ4n) is 3.16. The lowest BCUT2D eigenvalue weighted by atomic mass is 9.88. The van der Waals surface area contributed by atoms with E-state index in [9.17, 15) is 18.7 Å². The number of hydrogen-bond acceptors (Lipinski definition) is 8. The molecule has 2 aliphatic rings. The van der Waals surface area contributed by atoms with Crippen LogP contribution in [0.1, 0.15) is 23.2 Å². The summed E-state index contributed by atoms with van der Waals surface area (Å²) in [7, 11) is 0. The van der Waals surface area contributed by atoms with Crippen molar-refractivity contribution in [3.05, 3.63) is 30.0 Å². The van der Waals surface area contributed by atoms with E-state index in [1.165, 1.54) is 6.20 Å². The van der Waals surface area contributed by atoms with Crippen LogP contribution in [0.5, 0.6) is 5.75 Å². The Balaban J connectivity index is 1.53. The van der Waals surface area contributed by atoms with Crippen LogP contribution < -0.4 is 26.4 Å². The fraction of sp³-hybridized carbons (Fsp3) is 0.389. The number of fused-ring (bicyclic) bond motifs is 1. The Bertz CT molecular complexity index is 934. The highest BCUT2D eigenvalue weighted by molar-refractivity contribution is 5.97. The van der Waals surface area contributed by atoms with Gasteiger partial charge in [-0.05, 0) is 18.2 Å². The highest BCUT2D eigenvalue weighted by Gasteiger charge is 2.45. The SMILES string of the molecule is NC(=O)c1cnc(Nc2ccc3c(c2)NC[C@H](O)CO3)nc1NC1CC(F)(F)C1. The predicted molar refractivity (Wildman–Crippen MR) is 102 cm³/mol. The van der Waals surface area contributed by atoms with E-state index in [2.05, 4.69) is 25.9 Å². The van der Waals surface area contributed by atoms with E-state index in [0.717, 1.165) is 0 Å². The molecular formula is C18H20F2N6O3. The van der Waals surface area contributed by atoms with Crippen molar-refractivity contribution in [3.63, 3.8) is 0 Å². The van der Waals surface area contributed by atoms with Gasteiger partial charge in [-0.2, -0.15) is 4.98 Å². The summed E-state index contributed by atoms with van der Waals surface area (Å²) in [5.41, 5.74) is 6.68. The molecule has 154 valence electrons. The van der Waals surface area contributed by atoms with Crippen molar-refractivity contribution in [2.24, 2.45) is 5.73 Å². The van der Waals surface area contributed by atoms with Crippen LogP contribution in [-0.2, 0) is 0 Å². The van der Waals surface area contributed by atoms with E-state index >= 15 is 0 Å². The van der Waals surface area contributed by atoms with Gasteiger partial charge in [0.15, 0.2) is 0 Å². The van der Waals surface area contributed by atoms with Gasteiger partial charge in [0.2, 0.25) is 5.95 Å². The van der Waals surface area contributed by atoms with Crippen molar-refractivity contribution < 1.29 is 23.4 Å². The number of benzene rings is 1. The number of aliphatic hydroxyl groups is 1. The van der Waals surface area contributed by atoms with Crippen LogP contribution in [-0.4, -0.2) is 52.2 Å². The number of amides is 1. The zero-order valence-corrected chi connectivity index (χ0v) is 15.3. The Hall–Kier alpha value is -3.21. The van der Waals surface area contributed by atoms with Crippen molar-refractivity contribution in [3.8, 4) is 5.75 Å². The largest absolute Gasteiger partial charge is 0.489 e. The summed E-state index contributed by atoms with van der Waals surface area (Å²) in [6.45, 7) is 0.542. The van der Waals surface area contributed by atoms with Crippen LogP contribution in [0.3, 0.4) is 0 Å². The van der Waals surface area contributed by atoms with Gasteiger partial charge in [-0.25, -0.2) is 13.8 Å². The van der Waals surface area contributed by atoms with Crippen molar-refractivity contribution >= 4 is 29.0 Å². The van der Waals surface area contributed by atoms with E-state index in [0.29, 0.717) is 23.7 Å². The number of alkyl halides is 2. The summed E-state index contributed by atoms with van der Waals surface area (Å²) >= 11 is 0. The average Bonchev–Trinajstić information content (AvgIpc) is 2.82. The van der Waals surface area contributed by atoms with Gasteiger partial charge in [-0.1, -0.05) is 0 Å². The standard InChI is InChI=1S/C18H20F2N6O3/c19-18(20)4-10(5-18)24-16-12(15(21)28)7-23-17(26-16)25-9-1-2-14-13(3-9)22-6-11(27)8-29-14/h1-3,7,10-11,22,27H,4-6,8H2,(H2,21,28)(H2,23,24,25,26)/t11-/m0/s1. The normalized spacial score (nSPS) is 20.3. The van der Waals surface area contributed by atoms with Crippen LogP contribution in [0.15, 0.2) is 24.4 Å². The van der Waals surface area contributed by atoms with Gasteiger partial charge in [0, 0.05) is 37.3 Å². The first-order valence-corrected chi connectivity index (χ1v) is 9.06. The number of primary amides is 1. The first-order valence-electron chi connectivity index (χ1n) is 9.06. The van der Waals surface area contributed by atoms with Crippen LogP contribution in [0.25, 0.3) is 0 Å². The van der Waals surface area contributed by atoms with Crippen molar-refractivity contribution in [2.45, 2.75) is 30.9 Å². The number of carbonyl (C=O) groups excluding carboxylic acids is 1. The molecular weight excluding hydrogens is 386 g/mol. The van der Waals surface area contributed by atoms with Crippen molar-refractivity contribution in [2.75, 3.05) is 29.1 Å². The molecule has 2 heterocycles. The third kappa shape index (κ3) is 4.29. The summed E-state index contributed by atoms with van der Waals surface area (Å²) in [6, 6.07) is 4.74. The second-order valence-corrected chi connectivity index (χ2v) is 7.11. The number of aliphatic hydroxyl groups excluding tert-OH is 1. The number of carbonyl (C=O) groups is 1. The van der Waals surface area contributed by atoms with Gasteiger partial charge in [-0.15, -0.1) is 0 Å². The van der Waals surface area contributed by atoms with Gasteiger partial charge in [0.1, 0.15) is 24.3 Å². The molecule has 1 atom stereocenters. The highest BCUT2D eigenvalue weighted by atomic mass is 19.3. The van der Waals surface area contributed by atoms with Gasteiger partial charge >= 0.3 is 0 Å². The number of halogens is 2. The molecule has 0 bridgehead atoms. The quantitative estimate of drug-likeness (QED) is 0.506. The number of aromatic nitrogens is 2. The molecule has 1 aliphatic heterocycles. The second kappa shape index (κ2) is 7.32. The minimum absolute atomic E-state index is 0.0248. The maximum absolute atomic E-state index is 13.1. The number of nitrogens with two attached hydrogens (primary N) is 1. The smallest absolute Gasteiger partial charge is 0.254 e. The molecule has 1 fully saturated rings. The molecule has 4 rings (SSSR count). The maximum Gasteiger partial charge on any atom is 0.254 e. The minimum Gasteiger partial charge on any atom is -0.489 e. The monoisotopic (exact) mass is 406 g/mol. The minimum atomic E-state index is -2.71. The Morgan fingerprint density at radius 1 is 1.38 bits per heavy atom. The number of β-amino-alcohol motifs (C(OH)–C–C–N with tert-alkyl or cyclic N) is 1. The van der Waals surface area contributed by atoms with Gasteiger partial charge in [-0.3, -0.25) is 4.79 Å². The molecule has 0 unspecified atom stereocenters. The molecule has 2 aromatic rings. The number of anilines is 4. The van der Waals surface area contributed by atoms with Crippen LogP contribution in [0.4, 0.5) is 31.9 Å². The molecule has 1 amide bonds. The second-order valence-electron chi connectivity index (χ2n) is 7.11. The molecule has 6 N–H and O–H groups in total. The van der Waals surface area contributed by atoms with E-state index < -0.39 is 24.0 Å². The summed E-state index contributed by atoms with van der Waals surface area (Å²) in [6.07, 6.45) is -0.0329. The van der Waals surface area contributed by atoms with E-state index in [4.69, 9.17) is 10.5 Å². The van der Waals surface area contributed by atoms with Gasteiger partial charge < -0.3 is 31.5 Å². The fourth-order valence-corrected chi connectivity index (χ4v) is 3.16. The molecule has 1 aromatic carbocycles. The van der Waals surface area contributed by atoms with E-state index in [1.54, 1.807) is 18.2 Å². The zero-order chi connectivity index (χ0) is 20.6. The molecule has 0 spiro atoms. The lowest BCUT2D eigenvalue weighted by molar-refractivity contribution is -0.0794. The van der Waals surface area contributed by atoms with Crippen molar-refractivity contribution in [1.29, 1.82) is 0 Å². The molecule has 0 saturated heterocycles. The number of nitrogens with zero attached hydrogens (tertiary/aromatic N) is 2. The number of rotatable bonds is 5. The number of hydrogen-bond donors (Lipinski definition) is 5. The Morgan fingerprint density at radius 3 is 2.90 bits per heavy atom. The van der Waals surface area contributed by atoms with E-state index in [-0.39, 0.29) is 36.8 Å². The first kappa shape index (κ1) is 19.1. The lowest BCUT2D eigenvalue weighted by Crippen LogP contribution is -2.44. The average molecular weight is 406 g/mol. The van der Waals surface area contributed by atoms with Crippen LogP contribution in [0.2, 0.25) is 0 Å². The van der Waals surface area contributed by atoms with Crippen LogP contribution >= 0.6 is 0 Å². The third-order valence-corrected chi connectivity index (χ3v) is 4.68. The lowest BCUT2D eigenvalue weighted by Gasteiger charge is -2.35. The van der Waals surface area contributed by atoms with Crippen molar-refractivity contribution in [1.82, 2.24) is 9.97 Å². The molecule has 29 heavy (non-hydrogen) atoms. The summed E-state index contributed by atoms with van der Waals surface area (Å²) in [5, 5.41) is 18.6. The Kier molecular flexibility index (Phi) is 4.82. The van der Waals surface area contributed by atoms with Gasteiger partial charge in [0.05, 0.1) is 11.3 Å². The maximum atomic E-state index is 13.1. The number of nitrogens with one attached hydrogen (secondary N) is 3.